The van der Waals surface area contributed by atoms with Crippen molar-refractivity contribution in [3.63, 3.8) is 0 Å². The highest BCUT2D eigenvalue weighted by atomic mass is 16.5. The smallest absolute Gasteiger partial charge is 0.0964 e. The number of hydrogen-bond donors (Lipinski definition) is 1. The molecule has 1 N–H and O–H groups in total. The molecule has 1 unspecified atom stereocenters. The van der Waals surface area contributed by atoms with Gasteiger partial charge in [-0.25, -0.2) is 0 Å². The van der Waals surface area contributed by atoms with E-state index in [0.717, 1.165) is 44.5 Å². The Hall–Kier alpha value is -0.940. The van der Waals surface area contributed by atoms with Crippen molar-refractivity contribution >= 4 is 0 Å². The molecule has 0 bridgehead atoms. The molecule has 0 amide bonds. The minimum absolute atomic E-state index is 0.0816. The van der Waals surface area contributed by atoms with Crippen LogP contribution in [0.3, 0.4) is 0 Å². The zero-order valence-corrected chi connectivity index (χ0v) is 11.6. The summed E-state index contributed by atoms with van der Waals surface area (Å²) in [6.45, 7) is 6.09. The van der Waals surface area contributed by atoms with Gasteiger partial charge in [-0.1, -0.05) is 19.1 Å². The Morgan fingerprint density at radius 3 is 2.89 bits per heavy atom. The molecule has 1 saturated heterocycles. The van der Waals surface area contributed by atoms with Gasteiger partial charge in [0.05, 0.1) is 11.3 Å². The Bertz CT molecular complexity index is 373. The van der Waals surface area contributed by atoms with Gasteiger partial charge in [0, 0.05) is 32.4 Å². The first-order valence-electron chi connectivity index (χ1n) is 6.90. The van der Waals surface area contributed by atoms with Crippen molar-refractivity contribution in [2.45, 2.75) is 57.7 Å². The van der Waals surface area contributed by atoms with E-state index in [1.165, 1.54) is 0 Å². The third-order valence-corrected chi connectivity index (χ3v) is 4.00. The lowest BCUT2D eigenvalue weighted by Gasteiger charge is -2.40. The number of rotatable bonds is 5. The van der Waals surface area contributed by atoms with Gasteiger partial charge in [0.15, 0.2) is 0 Å². The van der Waals surface area contributed by atoms with Crippen LogP contribution in [0.4, 0.5) is 0 Å². The summed E-state index contributed by atoms with van der Waals surface area (Å²) in [5.41, 5.74) is 1.08. The fraction of sp³-hybridized carbons (Fsp3) is 0.846. The first-order chi connectivity index (χ1) is 8.67. The third-order valence-electron chi connectivity index (χ3n) is 4.00. The molecule has 5 nitrogen and oxygen atoms in total. The van der Waals surface area contributed by atoms with Crippen LogP contribution in [0.25, 0.3) is 0 Å². The van der Waals surface area contributed by atoms with Crippen LogP contribution in [-0.4, -0.2) is 33.2 Å². The van der Waals surface area contributed by atoms with Crippen molar-refractivity contribution in [3.8, 4) is 0 Å². The zero-order chi connectivity index (χ0) is 13.0. The standard InChI is InChI=1S/C13H24N4O/c1-4-13(5-2)8-11(6-7-18-13)14-9-12-10-17(3)16-15-12/h10-11,14H,4-9H2,1-3H3. The summed E-state index contributed by atoms with van der Waals surface area (Å²) in [4.78, 5) is 0. The second kappa shape index (κ2) is 5.80. The molecule has 1 fully saturated rings. The predicted octanol–water partition coefficient (Wildman–Crippen LogP) is 1.64. The summed E-state index contributed by atoms with van der Waals surface area (Å²) < 4.78 is 7.72. The second-order valence-electron chi connectivity index (χ2n) is 5.19. The van der Waals surface area contributed by atoms with Crippen LogP contribution in [0.2, 0.25) is 0 Å². The highest BCUT2D eigenvalue weighted by Gasteiger charge is 2.34. The van der Waals surface area contributed by atoms with E-state index in [9.17, 15) is 0 Å². The van der Waals surface area contributed by atoms with Gasteiger partial charge in [0.2, 0.25) is 0 Å². The molecule has 1 aliphatic rings. The van der Waals surface area contributed by atoms with Gasteiger partial charge in [-0.05, 0) is 25.7 Å². The van der Waals surface area contributed by atoms with Crippen LogP contribution in [0, 0.1) is 0 Å². The molecule has 1 atom stereocenters. The first kappa shape index (κ1) is 13.5. The van der Waals surface area contributed by atoms with Gasteiger partial charge < -0.3 is 10.1 Å². The Morgan fingerprint density at radius 2 is 2.28 bits per heavy atom. The van der Waals surface area contributed by atoms with Crippen molar-refractivity contribution in [1.29, 1.82) is 0 Å². The maximum Gasteiger partial charge on any atom is 0.0964 e. The van der Waals surface area contributed by atoms with Gasteiger partial charge in [-0.15, -0.1) is 5.10 Å². The van der Waals surface area contributed by atoms with Crippen molar-refractivity contribution < 1.29 is 4.74 Å². The Morgan fingerprint density at radius 1 is 1.50 bits per heavy atom. The molecule has 18 heavy (non-hydrogen) atoms. The number of nitrogens with one attached hydrogen (secondary N) is 1. The SMILES string of the molecule is CCC1(CC)CC(NCc2cn(C)nn2)CCO1. The number of ether oxygens (including phenoxy) is 1. The van der Waals surface area contributed by atoms with Crippen molar-refractivity contribution in [1.82, 2.24) is 20.3 Å². The van der Waals surface area contributed by atoms with E-state index >= 15 is 0 Å². The summed E-state index contributed by atoms with van der Waals surface area (Å²) in [5, 5.41) is 11.6. The first-order valence-corrected chi connectivity index (χ1v) is 6.90. The van der Waals surface area contributed by atoms with Crippen molar-refractivity contribution in [2.75, 3.05) is 6.61 Å². The maximum atomic E-state index is 5.98. The topological polar surface area (TPSA) is 52.0 Å². The van der Waals surface area contributed by atoms with Crippen LogP contribution in [0.15, 0.2) is 6.20 Å². The molecule has 2 heterocycles. The van der Waals surface area contributed by atoms with Gasteiger partial charge in [0.1, 0.15) is 0 Å². The number of aromatic nitrogens is 3. The molecule has 1 aromatic rings. The summed E-state index contributed by atoms with van der Waals surface area (Å²) in [6, 6.07) is 0.528. The van der Waals surface area contributed by atoms with E-state index in [2.05, 4.69) is 29.5 Å². The summed E-state index contributed by atoms with van der Waals surface area (Å²) >= 11 is 0. The van der Waals surface area contributed by atoms with E-state index in [0.29, 0.717) is 6.04 Å². The fourth-order valence-corrected chi connectivity index (χ4v) is 2.67. The van der Waals surface area contributed by atoms with E-state index in [-0.39, 0.29) is 5.60 Å². The maximum absolute atomic E-state index is 5.98. The minimum atomic E-state index is 0.0816. The van der Waals surface area contributed by atoms with Crippen LogP contribution in [0.5, 0.6) is 0 Å². The van der Waals surface area contributed by atoms with E-state index in [1.807, 2.05) is 13.2 Å². The summed E-state index contributed by atoms with van der Waals surface area (Å²) in [6.07, 6.45) is 6.32. The molecule has 102 valence electrons. The lowest BCUT2D eigenvalue weighted by molar-refractivity contribution is -0.0932. The fourth-order valence-electron chi connectivity index (χ4n) is 2.67. The van der Waals surface area contributed by atoms with Gasteiger partial charge in [0.25, 0.3) is 0 Å². The Labute approximate surface area is 109 Å². The molecule has 1 aliphatic heterocycles. The van der Waals surface area contributed by atoms with Crippen molar-refractivity contribution in [3.05, 3.63) is 11.9 Å². The normalized spacial score (nSPS) is 23.2. The van der Waals surface area contributed by atoms with Crippen LogP contribution in [0.1, 0.15) is 45.2 Å². The van der Waals surface area contributed by atoms with Crippen LogP contribution >= 0.6 is 0 Å². The monoisotopic (exact) mass is 252 g/mol. The molecule has 0 spiro atoms. The highest BCUT2D eigenvalue weighted by molar-refractivity contribution is 4.94. The Kier molecular flexibility index (Phi) is 4.35. The van der Waals surface area contributed by atoms with Crippen LogP contribution < -0.4 is 5.32 Å². The van der Waals surface area contributed by atoms with Gasteiger partial charge >= 0.3 is 0 Å². The van der Waals surface area contributed by atoms with Crippen LogP contribution in [-0.2, 0) is 18.3 Å². The number of nitrogens with zero attached hydrogens (tertiary/aromatic N) is 3. The number of aryl methyl sites for hydroxylation is 1. The Balaban J connectivity index is 1.86. The summed E-state index contributed by atoms with van der Waals surface area (Å²) in [5.74, 6) is 0. The summed E-state index contributed by atoms with van der Waals surface area (Å²) in [7, 11) is 1.89. The minimum Gasteiger partial charge on any atom is -0.375 e. The van der Waals surface area contributed by atoms with Crippen molar-refractivity contribution in [2.24, 2.45) is 7.05 Å². The molecule has 1 aromatic heterocycles. The highest BCUT2D eigenvalue weighted by Crippen LogP contribution is 2.31. The van der Waals surface area contributed by atoms with E-state index in [1.54, 1.807) is 4.68 Å². The zero-order valence-electron chi connectivity index (χ0n) is 11.6. The third kappa shape index (κ3) is 3.09. The van der Waals surface area contributed by atoms with E-state index in [4.69, 9.17) is 4.74 Å². The molecule has 2 rings (SSSR count). The largest absolute Gasteiger partial charge is 0.375 e. The second-order valence-corrected chi connectivity index (χ2v) is 5.19. The molecule has 0 saturated carbocycles. The molecule has 0 aromatic carbocycles. The predicted molar refractivity (Wildman–Crippen MR) is 70.1 cm³/mol. The van der Waals surface area contributed by atoms with E-state index < -0.39 is 0 Å². The number of hydrogen-bond acceptors (Lipinski definition) is 4. The molecular formula is C13H24N4O. The molecule has 0 radical (unpaired) electrons. The average molecular weight is 252 g/mol. The molecule has 0 aliphatic carbocycles. The van der Waals surface area contributed by atoms with Gasteiger partial charge in [-0.3, -0.25) is 4.68 Å². The lowest BCUT2D eigenvalue weighted by atomic mass is 9.86. The van der Waals surface area contributed by atoms with Gasteiger partial charge in [-0.2, -0.15) is 0 Å². The molecule has 5 heteroatoms. The molecular weight excluding hydrogens is 228 g/mol. The average Bonchev–Trinajstić information content (AvgIpc) is 2.82. The lowest BCUT2D eigenvalue weighted by Crippen LogP contribution is -2.46. The quantitative estimate of drug-likeness (QED) is 0.865.